The predicted octanol–water partition coefficient (Wildman–Crippen LogP) is 2.07. The van der Waals surface area contributed by atoms with Crippen LogP contribution in [0.1, 0.15) is 37.9 Å². The van der Waals surface area contributed by atoms with Gasteiger partial charge in [-0.15, -0.1) is 0 Å². The number of fused-ring (bicyclic) bond motifs is 1. The molecular weight excluding hydrogens is 254 g/mol. The maximum absolute atomic E-state index is 5.88. The lowest BCUT2D eigenvalue weighted by molar-refractivity contribution is 0.0507. The van der Waals surface area contributed by atoms with Crippen LogP contribution in [0.25, 0.3) is 11.2 Å². The van der Waals surface area contributed by atoms with Crippen LogP contribution in [0, 0.1) is 5.92 Å². The minimum absolute atomic E-state index is 0.489. The molecule has 1 aliphatic heterocycles. The minimum Gasteiger partial charge on any atom is -0.382 e. The number of ether oxygens (including phenoxy) is 1. The van der Waals surface area contributed by atoms with Crippen LogP contribution < -0.4 is 5.73 Å². The van der Waals surface area contributed by atoms with Gasteiger partial charge in [0, 0.05) is 19.6 Å². The molecule has 6 heteroatoms. The van der Waals surface area contributed by atoms with Crippen LogP contribution >= 0.6 is 0 Å². The van der Waals surface area contributed by atoms with Gasteiger partial charge >= 0.3 is 0 Å². The van der Waals surface area contributed by atoms with E-state index in [4.69, 9.17) is 10.5 Å². The Labute approximate surface area is 118 Å². The summed E-state index contributed by atoms with van der Waals surface area (Å²) in [6.45, 7) is 1.87. The van der Waals surface area contributed by atoms with E-state index in [0.717, 1.165) is 43.3 Å². The van der Waals surface area contributed by atoms with E-state index < -0.39 is 0 Å². The summed E-state index contributed by atoms with van der Waals surface area (Å²) in [5, 5.41) is 0. The largest absolute Gasteiger partial charge is 0.382 e. The van der Waals surface area contributed by atoms with Crippen molar-refractivity contribution in [2.45, 2.75) is 38.5 Å². The average Bonchev–Trinajstić information content (AvgIpc) is 2.94. The van der Waals surface area contributed by atoms with Crippen LogP contribution in [-0.4, -0.2) is 33.1 Å². The third kappa shape index (κ3) is 3.07. The number of nitrogens with zero attached hydrogens (tertiary/aromatic N) is 3. The SMILES string of the molecule is Nc1nc(CCCCC2CCCOC2)nc2nc[nH]c12. The van der Waals surface area contributed by atoms with Crippen LogP contribution in [0.15, 0.2) is 6.33 Å². The van der Waals surface area contributed by atoms with E-state index >= 15 is 0 Å². The molecule has 0 radical (unpaired) electrons. The van der Waals surface area contributed by atoms with E-state index in [9.17, 15) is 0 Å². The lowest BCUT2D eigenvalue weighted by Gasteiger charge is -2.21. The summed E-state index contributed by atoms with van der Waals surface area (Å²) in [5.41, 5.74) is 7.27. The fourth-order valence-electron chi connectivity index (χ4n) is 2.77. The van der Waals surface area contributed by atoms with E-state index in [-0.39, 0.29) is 0 Å². The molecule has 0 saturated carbocycles. The van der Waals surface area contributed by atoms with E-state index in [1.165, 1.54) is 25.7 Å². The highest BCUT2D eigenvalue weighted by atomic mass is 16.5. The molecule has 0 amide bonds. The molecule has 108 valence electrons. The molecule has 0 spiro atoms. The molecule has 0 aromatic carbocycles. The number of hydrogen-bond donors (Lipinski definition) is 2. The third-order valence-electron chi connectivity index (χ3n) is 3.88. The van der Waals surface area contributed by atoms with Gasteiger partial charge in [0.1, 0.15) is 11.3 Å². The first-order valence-electron chi connectivity index (χ1n) is 7.36. The van der Waals surface area contributed by atoms with Gasteiger partial charge in [0.25, 0.3) is 0 Å². The van der Waals surface area contributed by atoms with Gasteiger partial charge in [-0.2, -0.15) is 0 Å². The van der Waals surface area contributed by atoms with E-state index in [0.29, 0.717) is 11.5 Å². The summed E-state index contributed by atoms with van der Waals surface area (Å²) in [6.07, 6.45) is 8.49. The predicted molar refractivity (Wildman–Crippen MR) is 77.2 cm³/mol. The molecule has 3 N–H and O–H groups in total. The molecule has 1 unspecified atom stereocenters. The van der Waals surface area contributed by atoms with Crippen molar-refractivity contribution >= 4 is 17.0 Å². The molecule has 1 aliphatic rings. The van der Waals surface area contributed by atoms with Gasteiger partial charge in [-0.3, -0.25) is 0 Å². The lowest BCUT2D eigenvalue weighted by atomic mass is 9.95. The molecule has 3 heterocycles. The first kappa shape index (κ1) is 13.3. The fraction of sp³-hybridized carbons (Fsp3) is 0.643. The van der Waals surface area contributed by atoms with Gasteiger partial charge < -0.3 is 15.5 Å². The summed E-state index contributed by atoms with van der Waals surface area (Å²) in [7, 11) is 0. The number of rotatable bonds is 5. The van der Waals surface area contributed by atoms with Crippen LogP contribution in [0.5, 0.6) is 0 Å². The number of nitrogen functional groups attached to an aromatic ring is 1. The molecule has 2 aromatic heterocycles. The number of aryl methyl sites for hydroxylation is 1. The van der Waals surface area contributed by atoms with Crippen molar-refractivity contribution in [3.05, 3.63) is 12.2 Å². The van der Waals surface area contributed by atoms with Gasteiger partial charge in [-0.05, 0) is 31.6 Å². The van der Waals surface area contributed by atoms with Gasteiger partial charge in [0.15, 0.2) is 11.5 Å². The quantitative estimate of drug-likeness (QED) is 0.815. The summed E-state index contributed by atoms with van der Waals surface area (Å²) in [5.74, 6) is 2.02. The highest BCUT2D eigenvalue weighted by molar-refractivity contribution is 5.80. The lowest BCUT2D eigenvalue weighted by Crippen LogP contribution is -2.17. The van der Waals surface area contributed by atoms with Crippen LogP contribution in [0.2, 0.25) is 0 Å². The van der Waals surface area contributed by atoms with Crippen molar-refractivity contribution in [2.75, 3.05) is 18.9 Å². The third-order valence-corrected chi connectivity index (χ3v) is 3.88. The molecule has 0 bridgehead atoms. The first-order chi connectivity index (χ1) is 9.83. The summed E-state index contributed by atoms with van der Waals surface area (Å²) in [4.78, 5) is 15.8. The number of aromatic amines is 1. The molecule has 1 atom stereocenters. The number of nitrogens with two attached hydrogens (primary N) is 1. The Morgan fingerprint density at radius 3 is 3.15 bits per heavy atom. The van der Waals surface area contributed by atoms with Crippen molar-refractivity contribution in [1.29, 1.82) is 0 Å². The summed E-state index contributed by atoms with van der Waals surface area (Å²) >= 11 is 0. The van der Waals surface area contributed by atoms with Crippen LogP contribution in [0.3, 0.4) is 0 Å². The van der Waals surface area contributed by atoms with Gasteiger partial charge in [0.2, 0.25) is 0 Å². The smallest absolute Gasteiger partial charge is 0.183 e. The number of anilines is 1. The van der Waals surface area contributed by atoms with Gasteiger partial charge in [-0.25, -0.2) is 15.0 Å². The minimum atomic E-state index is 0.489. The number of aromatic nitrogens is 4. The molecule has 2 aromatic rings. The second kappa shape index (κ2) is 6.17. The highest BCUT2D eigenvalue weighted by Crippen LogP contribution is 2.20. The normalized spacial score (nSPS) is 19.5. The standard InChI is InChI=1S/C14H21N5O/c15-13-12-14(17-9-16-12)19-11(18-13)6-2-1-4-10-5-3-7-20-8-10/h9-10H,1-8H2,(H3,15,16,17,18,19). The molecule has 1 saturated heterocycles. The molecule has 0 aliphatic carbocycles. The van der Waals surface area contributed by atoms with Crippen molar-refractivity contribution in [3.63, 3.8) is 0 Å². The maximum atomic E-state index is 5.88. The second-order valence-corrected chi connectivity index (χ2v) is 5.46. The Bertz CT molecular complexity index is 562. The van der Waals surface area contributed by atoms with Crippen LogP contribution in [0.4, 0.5) is 5.82 Å². The number of imidazole rings is 1. The van der Waals surface area contributed by atoms with Crippen molar-refractivity contribution < 1.29 is 4.74 Å². The van der Waals surface area contributed by atoms with E-state index in [2.05, 4.69) is 19.9 Å². The van der Waals surface area contributed by atoms with E-state index in [1.807, 2.05) is 0 Å². The number of nitrogens with one attached hydrogen (secondary N) is 1. The average molecular weight is 275 g/mol. The van der Waals surface area contributed by atoms with Crippen LogP contribution in [-0.2, 0) is 11.2 Å². The summed E-state index contributed by atoms with van der Waals surface area (Å²) < 4.78 is 5.50. The molecule has 1 fully saturated rings. The number of hydrogen-bond acceptors (Lipinski definition) is 5. The highest BCUT2D eigenvalue weighted by Gasteiger charge is 2.13. The number of unbranched alkanes of at least 4 members (excludes halogenated alkanes) is 1. The Balaban J connectivity index is 1.49. The monoisotopic (exact) mass is 275 g/mol. The molecule has 20 heavy (non-hydrogen) atoms. The Morgan fingerprint density at radius 2 is 2.30 bits per heavy atom. The zero-order valence-corrected chi connectivity index (χ0v) is 11.6. The van der Waals surface area contributed by atoms with Gasteiger partial charge in [-0.1, -0.05) is 6.42 Å². The van der Waals surface area contributed by atoms with E-state index in [1.54, 1.807) is 6.33 Å². The molecular formula is C14H21N5O. The Kier molecular flexibility index (Phi) is 4.11. The topological polar surface area (TPSA) is 89.7 Å². The summed E-state index contributed by atoms with van der Waals surface area (Å²) in [6, 6.07) is 0. The number of H-pyrrole nitrogens is 1. The molecule has 6 nitrogen and oxygen atoms in total. The Morgan fingerprint density at radius 1 is 1.35 bits per heavy atom. The van der Waals surface area contributed by atoms with Crippen molar-refractivity contribution in [1.82, 2.24) is 19.9 Å². The Hall–Kier alpha value is -1.69. The fourth-order valence-corrected chi connectivity index (χ4v) is 2.77. The maximum Gasteiger partial charge on any atom is 0.183 e. The zero-order valence-electron chi connectivity index (χ0n) is 11.6. The van der Waals surface area contributed by atoms with Gasteiger partial charge in [0.05, 0.1) is 6.33 Å². The second-order valence-electron chi connectivity index (χ2n) is 5.46. The molecule has 3 rings (SSSR count). The first-order valence-corrected chi connectivity index (χ1v) is 7.36. The zero-order chi connectivity index (χ0) is 13.8. The van der Waals surface area contributed by atoms with Crippen molar-refractivity contribution in [2.24, 2.45) is 5.92 Å². The van der Waals surface area contributed by atoms with Crippen molar-refractivity contribution in [3.8, 4) is 0 Å².